The Bertz CT molecular complexity index is 1420. The summed E-state index contributed by atoms with van der Waals surface area (Å²) in [6.07, 6.45) is -0.903. The van der Waals surface area contributed by atoms with Crippen molar-refractivity contribution >= 4 is 46.4 Å². The molecular formula is C30H37BrFN3O7. The Balaban J connectivity index is 0.00000484. The Morgan fingerprint density at radius 1 is 1.17 bits per heavy atom. The normalized spacial score (nSPS) is 19.7. The summed E-state index contributed by atoms with van der Waals surface area (Å²) in [7, 11) is 0. The van der Waals surface area contributed by atoms with Gasteiger partial charge in [-0.05, 0) is 43.0 Å². The average Bonchev–Trinajstić information content (AvgIpc) is 3.48. The van der Waals surface area contributed by atoms with Crippen LogP contribution in [-0.2, 0) is 16.8 Å². The number of amides is 1. The molecule has 2 atom stereocenters. The van der Waals surface area contributed by atoms with Crippen LogP contribution in [-0.4, -0.2) is 66.0 Å². The van der Waals surface area contributed by atoms with E-state index in [9.17, 15) is 24.6 Å². The van der Waals surface area contributed by atoms with Gasteiger partial charge in [0.15, 0.2) is 29.1 Å². The van der Waals surface area contributed by atoms with E-state index in [1.54, 1.807) is 26.0 Å². The summed E-state index contributed by atoms with van der Waals surface area (Å²) in [4.78, 5) is 39.5. The van der Waals surface area contributed by atoms with E-state index < -0.39 is 33.8 Å². The molecule has 1 amide bonds. The summed E-state index contributed by atoms with van der Waals surface area (Å²) in [5.41, 5.74) is 1.01. The molecule has 2 aromatic carbocycles. The van der Waals surface area contributed by atoms with Crippen LogP contribution >= 0.6 is 17.0 Å². The fourth-order valence-corrected chi connectivity index (χ4v) is 5.91. The smallest absolute Gasteiger partial charge is 0.363 e. The number of carbonyl (C=O) groups excluding carboxylic acids is 2. The summed E-state index contributed by atoms with van der Waals surface area (Å²) >= 11 is 0. The molecular weight excluding hydrogens is 613 g/mol. The summed E-state index contributed by atoms with van der Waals surface area (Å²) < 4.78 is 25.6. The van der Waals surface area contributed by atoms with Crippen LogP contribution < -0.4 is 19.1 Å². The standard InChI is InChI=1S/C30H36FN3O7.BrH/c1-6-40-23-14-18-15-33(27(32)24(18)25(31)26(23)41-7-2)16-22(35)17-10-11-20(19(13-17)30(3,4)5)34(29(38)39)12-8-9-21(34)28(36)37;/h10-11,13-14,21,32H,6-9,12,15-16H2,1-5H3,(H-,36,37,38,39);1H. The van der Waals surface area contributed by atoms with Crippen molar-refractivity contribution in [2.75, 3.05) is 26.3 Å². The Hall–Kier alpha value is -3.51. The predicted octanol–water partition coefficient (Wildman–Crippen LogP) is 4.42. The molecule has 12 heteroatoms. The van der Waals surface area contributed by atoms with Gasteiger partial charge < -0.3 is 29.4 Å². The molecule has 2 heterocycles. The van der Waals surface area contributed by atoms with Gasteiger partial charge in [0.1, 0.15) is 11.5 Å². The Labute approximate surface area is 254 Å². The summed E-state index contributed by atoms with van der Waals surface area (Å²) in [5, 5.41) is 31.0. The minimum atomic E-state index is -1.50. The number of ether oxygens (including phenoxy) is 2. The van der Waals surface area contributed by atoms with Crippen LogP contribution in [0.5, 0.6) is 11.5 Å². The molecule has 10 nitrogen and oxygen atoms in total. The van der Waals surface area contributed by atoms with E-state index in [0.29, 0.717) is 24.2 Å². The number of nitrogens with zero attached hydrogens (tertiary/aromatic N) is 2. The number of benzene rings is 2. The second-order valence-corrected chi connectivity index (χ2v) is 11.4. The summed E-state index contributed by atoms with van der Waals surface area (Å²) in [6, 6.07) is 5.03. The SMILES string of the molecule is Br.CCOc1cc2c(c(F)c1OCC)C(=N)N(CC(=O)c1ccc([N+]3(C(=O)[O-])CCCC3C(=O)O)c(C(C)(C)C)c1)C2. The number of likely N-dealkylation sites (tertiary alicyclic amines) is 1. The molecule has 2 aliphatic heterocycles. The molecule has 2 aromatic rings. The van der Waals surface area contributed by atoms with E-state index in [1.807, 2.05) is 20.8 Å². The van der Waals surface area contributed by atoms with Crippen molar-refractivity contribution in [1.82, 2.24) is 9.38 Å². The molecule has 1 saturated heterocycles. The van der Waals surface area contributed by atoms with E-state index in [-0.39, 0.29) is 89.6 Å². The van der Waals surface area contributed by atoms with Gasteiger partial charge in [-0.3, -0.25) is 10.2 Å². The van der Waals surface area contributed by atoms with Crippen LogP contribution in [0, 0.1) is 11.2 Å². The number of ketones is 1. The quantitative estimate of drug-likeness (QED) is 0.301. The van der Waals surface area contributed by atoms with Gasteiger partial charge in [0.2, 0.25) is 0 Å². The topological polar surface area (TPSA) is 140 Å². The zero-order valence-electron chi connectivity index (χ0n) is 24.4. The first-order valence-corrected chi connectivity index (χ1v) is 13.7. The molecule has 1 fully saturated rings. The lowest BCUT2D eigenvalue weighted by atomic mass is 9.83. The van der Waals surface area contributed by atoms with Crippen molar-refractivity contribution in [3.05, 3.63) is 52.3 Å². The third-order valence-corrected chi connectivity index (χ3v) is 7.79. The lowest BCUT2D eigenvalue weighted by molar-refractivity contribution is -0.265. The molecule has 0 aliphatic carbocycles. The van der Waals surface area contributed by atoms with Crippen molar-refractivity contribution in [2.45, 2.75) is 65.5 Å². The van der Waals surface area contributed by atoms with Crippen LogP contribution in [0.2, 0.25) is 0 Å². The lowest BCUT2D eigenvalue weighted by Crippen LogP contribution is -2.65. The number of hydrogen-bond acceptors (Lipinski definition) is 7. The fraction of sp³-hybridized carbons (Fsp3) is 0.467. The predicted molar refractivity (Wildman–Crippen MR) is 158 cm³/mol. The van der Waals surface area contributed by atoms with Crippen LogP contribution in [0.3, 0.4) is 0 Å². The van der Waals surface area contributed by atoms with Gasteiger partial charge in [-0.25, -0.2) is 13.7 Å². The van der Waals surface area contributed by atoms with Crippen molar-refractivity contribution in [1.29, 1.82) is 5.41 Å². The van der Waals surface area contributed by atoms with Crippen LogP contribution in [0.4, 0.5) is 14.9 Å². The number of carbonyl (C=O) groups is 3. The molecule has 2 aliphatic rings. The average molecular weight is 651 g/mol. The molecule has 2 N–H and O–H groups in total. The van der Waals surface area contributed by atoms with Crippen LogP contribution in [0.1, 0.15) is 74.5 Å². The molecule has 0 saturated carbocycles. The highest BCUT2D eigenvalue weighted by Gasteiger charge is 2.52. The second-order valence-electron chi connectivity index (χ2n) is 11.4. The maximum absolute atomic E-state index is 15.4. The molecule has 4 rings (SSSR count). The number of fused-ring (bicyclic) bond motifs is 1. The number of carboxylic acids is 1. The number of amidine groups is 1. The van der Waals surface area contributed by atoms with E-state index in [4.69, 9.17) is 14.9 Å². The first-order chi connectivity index (χ1) is 19.3. The minimum Gasteiger partial charge on any atom is -0.498 e. The third-order valence-electron chi connectivity index (χ3n) is 7.79. The first kappa shape index (κ1) is 33.0. The number of rotatable bonds is 9. The van der Waals surface area contributed by atoms with E-state index >= 15 is 4.39 Å². The van der Waals surface area contributed by atoms with Gasteiger partial charge in [-0.2, -0.15) is 0 Å². The highest BCUT2D eigenvalue weighted by atomic mass is 79.9. The number of hydrogen-bond donors (Lipinski definition) is 2. The Morgan fingerprint density at radius 3 is 2.40 bits per heavy atom. The highest BCUT2D eigenvalue weighted by molar-refractivity contribution is 8.93. The molecule has 2 unspecified atom stereocenters. The monoisotopic (exact) mass is 649 g/mol. The van der Waals surface area contributed by atoms with Crippen molar-refractivity contribution < 1.29 is 38.5 Å². The molecule has 228 valence electrons. The molecule has 0 bridgehead atoms. The summed E-state index contributed by atoms with van der Waals surface area (Å²) in [6.45, 7) is 9.55. The van der Waals surface area contributed by atoms with Crippen molar-refractivity contribution in [3.8, 4) is 11.5 Å². The maximum Gasteiger partial charge on any atom is 0.363 e. The van der Waals surface area contributed by atoms with Gasteiger partial charge in [0, 0.05) is 36.6 Å². The zero-order chi connectivity index (χ0) is 30.3. The van der Waals surface area contributed by atoms with Crippen LogP contribution in [0.25, 0.3) is 0 Å². The van der Waals surface area contributed by atoms with E-state index in [0.717, 1.165) is 0 Å². The number of quaternary nitrogens is 1. The van der Waals surface area contributed by atoms with Crippen molar-refractivity contribution in [3.63, 3.8) is 0 Å². The number of halogens is 2. The highest BCUT2D eigenvalue weighted by Crippen LogP contribution is 2.43. The van der Waals surface area contributed by atoms with Gasteiger partial charge in [0.05, 0.1) is 31.9 Å². The van der Waals surface area contributed by atoms with Gasteiger partial charge in [0.25, 0.3) is 6.09 Å². The fourth-order valence-electron chi connectivity index (χ4n) is 5.91. The molecule has 42 heavy (non-hydrogen) atoms. The first-order valence-electron chi connectivity index (χ1n) is 13.7. The maximum atomic E-state index is 15.4. The van der Waals surface area contributed by atoms with Crippen molar-refractivity contribution in [2.24, 2.45) is 0 Å². The molecule has 0 radical (unpaired) electrons. The van der Waals surface area contributed by atoms with Gasteiger partial charge in [-0.15, -0.1) is 17.0 Å². The van der Waals surface area contributed by atoms with Gasteiger partial charge >= 0.3 is 5.97 Å². The zero-order valence-corrected chi connectivity index (χ0v) is 26.1. The molecule has 0 aromatic heterocycles. The second kappa shape index (κ2) is 12.4. The number of Topliss-reactive ketones (excluding diaryl/α,β-unsaturated/α-hetero) is 1. The van der Waals surface area contributed by atoms with Crippen LogP contribution in [0.15, 0.2) is 24.3 Å². The van der Waals surface area contributed by atoms with E-state index in [2.05, 4.69) is 0 Å². The summed E-state index contributed by atoms with van der Waals surface area (Å²) in [5.74, 6) is -2.25. The van der Waals surface area contributed by atoms with Gasteiger partial charge in [-0.1, -0.05) is 20.8 Å². The Morgan fingerprint density at radius 2 is 1.83 bits per heavy atom. The molecule has 0 spiro atoms. The minimum absolute atomic E-state index is 0. The number of aliphatic carboxylic acids is 1. The number of nitrogens with one attached hydrogen (secondary N) is 1. The van der Waals surface area contributed by atoms with E-state index in [1.165, 1.54) is 17.0 Å². The largest absolute Gasteiger partial charge is 0.498 e. The Kier molecular flexibility index (Phi) is 9.73. The third kappa shape index (κ3) is 5.61. The lowest BCUT2D eigenvalue weighted by Gasteiger charge is -2.40. The number of carboxylic acid groups (broad SMARTS) is 2.